The van der Waals surface area contributed by atoms with E-state index in [0.29, 0.717) is 24.3 Å². The van der Waals surface area contributed by atoms with Crippen LogP contribution in [0.25, 0.3) is 0 Å². The first kappa shape index (κ1) is 17.1. The second-order valence-corrected chi connectivity index (χ2v) is 7.23. The lowest BCUT2D eigenvalue weighted by Crippen LogP contribution is -2.50. The highest BCUT2D eigenvalue weighted by molar-refractivity contribution is 5.95. The molecule has 6 nitrogen and oxygen atoms in total. The van der Waals surface area contributed by atoms with Crippen molar-refractivity contribution >= 4 is 5.91 Å². The highest BCUT2D eigenvalue weighted by Crippen LogP contribution is 2.24. The van der Waals surface area contributed by atoms with Crippen molar-refractivity contribution in [3.8, 4) is 0 Å². The molecule has 1 aromatic heterocycles. The number of hydrogen-bond acceptors (Lipinski definition) is 4. The summed E-state index contributed by atoms with van der Waals surface area (Å²) in [4.78, 5) is 29.1. The van der Waals surface area contributed by atoms with Crippen molar-refractivity contribution in [3.63, 3.8) is 0 Å². The number of aryl methyl sites for hydroxylation is 1. The summed E-state index contributed by atoms with van der Waals surface area (Å²) in [6.07, 6.45) is 6.82. The van der Waals surface area contributed by atoms with Gasteiger partial charge in [0.25, 0.3) is 11.5 Å². The molecule has 6 heteroatoms. The summed E-state index contributed by atoms with van der Waals surface area (Å²) >= 11 is 0. The Morgan fingerprint density at radius 1 is 1.12 bits per heavy atom. The Balaban J connectivity index is 1.59. The lowest BCUT2D eigenvalue weighted by Gasteiger charge is -2.37. The Bertz CT molecular complexity index is 641. The Morgan fingerprint density at radius 2 is 1.79 bits per heavy atom. The average molecular weight is 332 g/mol. The number of piperazine rings is 1. The molecule has 1 N–H and O–H groups in total. The third kappa shape index (κ3) is 3.69. The molecule has 24 heavy (non-hydrogen) atoms. The number of carbonyl (C=O) groups is 1. The van der Waals surface area contributed by atoms with E-state index in [1.165, 1.54) is 32.1 Å². The van der Waals surface area contributed by atoms with E-state index in [0.717, 1.165) is 25.6 Å². The topological polar surface area (TPSA) is 69.3 Å². The van der Waals surface area contributed by atoms with Gasteiger partial charge in [0.1, 0.15) is 5.56 Å². The molecule has 0 aromatic carbocycles. The highest BCUT2D eigenvalue weighted by atomic mass is 16.2. The third-order valence-corrected chi connectivity index (χ3v) is 5.58. The number of nitrogens with zero attached hydrogens (tertiary/aromatic N) is 3. The van der Waals surface area contributed by atoms with Crippen molar-refractivity contribution in [2.45, 2.75) is 46.0 Å². The maximum absolute atomic E-state index is 12.7. The Kier molecular flexibility index (Phi) is 5.33. The number of aromatic amines is 1. The van der Waals surface area contributed by atoms with Crippen molar-refractivity contribution in [2.24, 2.45) is 5.92 Å². The quantitative estimate of drug-likeness (QED) is 0.915. The molecule has 3 rings (SSSR count). The van der Waals surface area contributed by atoms with Crippen molar-refractivity contribution in [2.75, 3.05) is 32.7 Å². The van der Waals surface area contributed by atoms with Crippen LogP contribution in [0.4, 0.5) is 0 Å². The molecule has 1 aliphatic heterocycles. The van der Waals surface area contributed by atoms with Gasteiger partial charge in [0.15, 0.2) is 0 Å². The molecule has 1 amide bonds. The minimum Gasteiger partial charge on any atom is -0.336 e. The number of hydrogen-bond donors (Lipinski definition) is 1. The van der Waals surface area contributed by atoms with Gasteiger partial charge in [0, 0.05) is 32.7 Å². The van der Waals surface area contributed by atoms with Gasteiger partial charge in [-0.25, -0.2) is 5.10 Å². The maximum Gasteiger partial charge on any atom is 0.277 e. The molecule has 132 valence electrons. The van der Waals surface area contributed by atoms with E-state index in [9.17, 15) is 9.59 Å². The monoisotopic (exact) mass is 332 g/mol. The molecule has 1 aromatic rings. The summed E-state index contributed by atoms with van der Waals surface area (Å²) in [6.45, 7) is 7.98. The van der Waals surface area contributed by atoms with E-state index in [2.05, 4.69) is 15.1 Å². The number of aromatic nitrogens is 2. The van der Waals surface area contributed by atoms with Crippen molar-refractivity contribution < 1.29 is 4.79 Å². The molecule has 0 bridgehead atoms. The number of H-pyrrole nitrogens is 1. The third-order valence-electron chi connectivity index (χ3n) is 5.58. The smallest absolute Gasteiger partial charge is 0.277 e. The molecular weight excluding hydrogens is 304 g/mol. The summed E-state index contributed by atoms with van der Waals surface area (Å²) in [5, 5.41) is 6.36. The number of rotatable bonds is 3. The SMILES string of the molecule is Cc1n[nH]c(=O)c(C(=O)N2CCN(CC3CCCCC3)CC2)c1C. The van der Waals surface area contributed by atoms with Crippen LogP contribution in [0.1, 0.15) is 53.7 Å². The molecule has 1 saturated heterocycles. The van der Waals surface area contributed by atoms with Crippen LogP contribution in [0.15, 0.2) is 4.79 Å². The van der Waals surface area contributed by atoms with E-state index < -0.39 is 0 Å². The summed E-state index contributed by atoms with van der Waals surface area (Å²) in [5.41, 5.74) is 1.26. The predicted molar refractivity (Wildman–Crippen MR) is 93.3 cm³/mol. The van der Waals surface area contributed by atoms with Gasteiger partial charge in [-0.15, -0.1) is 0 Å². The van der Waals surface area contributed by atoms with Crippen molar-refractivity contribution in [1.29, 1.82) is 0 Å². The van der Waals surface area contributed by atoms with Gasteiger partial charge >= 0.3 is 0 Å². The molecule has 1 aliphatic carbocycles. The van der Waals surface area contributed by atoms with Crippen molar-refractivity contribution in [1.82, 2.24) is 20.0 Å². The van der Waals surface area contributed by atoms with Gasteiger partial charge in [-0.3, -0.25) is 14.5 Å². The van der Waals surface area contributed by atoms with E-state index in [1.54, 1.807) is 6.92 Å². The fourth-order valence-electron chi connectivity index (χ4n) is 3.91. The minimum atomic E-state index is -0.382. The Labute approximate surface area is 143 Å². The molecule has 0 radical (unpaired) electrons. The molecule has 2 aliphatic rings. The number of carbonyl (C=O) groups excluding carboxylic acids is 1. The summed E-state index contributed by atoms with van der Waals surface area (Å²) in [5.74, 6) is 0.672. The Hall–Kier alpha value is -1.69. The lowest BCUT2D eigenvalue weighted by atomic mass is 9.89. The van der Waals surface area contributed by atoms with Crippen LogP contribution in [0.5, 0.6) is 0 Å². The molecule has 1 saturated carbocycles. The fourth-order valence-corrected chi connectivity index (χ4v) is 3.91. The first-order chi connectivity index (χ1) is 11.6. The average Bonchev–Trinajstić information content (AvgIpc) is 2.60. The largest absolute Gasteiger partial charge is 0.336 e. The van der Waals surface area contributed by atoms with Crippen LogP contribution < -0.4 is 5.56 Å². The van der Waals surface area contributed by atoms with Crippen LogP contribution in [0.2, 0.25) is 0 Å². The first-order valence-corrected chi connectivity index (χ1v) is 9.13. The maximum atomic E-state index is 12.7. The Morgan fingerprint density at radius 3 is 2.46 bits per heavy atom. The van der Waals surface area contributed by atoms with Gasteiger partial charge in [0.05, 0.1) is 5.69 Å². The second kappa shape index (κ2) is 7.47. The normalized spacial score (nSPS) is 20.3. The molecular formula is C18H28N4O2. The zero-order valence-corrected chi connectivity index (χ0v) is 14.8. The van der Waals surface area contributed by atoms with Crippen LogP contribution >= 0.6 is 0 Å². The van der Waals surface area contributed by atoms with Crippen LogP contribution in [-0.4, -0.2) is 58.6 Å². The van der Waals surface area contributed by atoms with Gasteiger partial charge in [0.2, 0.25) is 0 Å². The van der Waals surface area contributed by atoms with Crippen LogP contribution in [0.3, 0.4) is 0 Å². The molecule has 0 spiro atoms. The molecule has 2 fully saturated rings. The molecule has 0 atom stereocenters. The summed E-state index contributed by atoms with van der Waals surface area (Å²) in [6, 6.07) is 0. The van der Waals surface area contributed by atoms with Gasteiger partial charge in [-0.2, -0.15) is 5.10 Å². The van der Waals surface area contributed by atoms with E-state index in [4.69, 9.17) is 0 Å². The predicted octanol–water partition coefficient (Wildman–Crippen LogP) is 1.72. The van der Waals surface area contributed by atoms with Gasteiger partial charge < -0.3 is 4.90 Å². The minimum absolute atomic E-state index is 0.156. The van der Waals surface area contributed by atoms with Crippen LogP contribution in [-0.2, 0) is 0 Å². The second-order valence-electron chi connectivity index (χ2n) is 7.23. The van der Waals surface area contributed by atoms with E-state index in [1.807, 2.05) is 11.8 Å². The first-order valence-electron chi connectivity index (χ1n) is 9.13. The summed E-state index contributed by atoms with van der Waals surface area (Å²) < 4.78 is 0. The highest BCUT2D eigenvalue weighted by Gasteiger charge is 2.27. The van der Waals surface area contributed by atoms with Gasteiger partial charge in [-0.1, -0.05) is 19.3 Å². The zero-order chi connectivity index (χ0) is 17.1. The fraction of sp³-hybridized carbons (Fsp3) is 0.722. The number of amides is 1. The summed E-state index contributed by atoms with van der Waals surface area (Å²) in [7, 11) is 0. The van der Waals surface area contributed by atoms with E-state index in [-0.39, 0.29) is 17.0 Å². The molecule has 2 heterocycles. The number of nitrogens with one attached hydrogen (secondary N) is 1. The van der Waals surface area contributed by atoms with E-state index >= 15 is 0 Å². The lowest BCUT2D eigenvalue weighted by molar-refractivity contribution is 0.0603. The van der Waals surface area contributed by atoms with Crippen LogP contribution in [0, 0.1) is 19.8 Å². The zero-order valence-electron chi connectivity index (χ0n) is 14.8. The standard InChI is InChI=1S/C18H28N4O2/c1-13-14(2)19-20-17(23)16(13)18(24)22-10-8-21(9-11-22)12-15-6-4-3-5-7-15/h15H,3-12H2,1-2H3,(H,20,23). The molecule has 0 unspecified atom stereocenters. The van der Waals surface area contributed by atoms with Gasteiger partial charge in [-0.05, 0) is 38.2 Å². The van der Waals surface area contributed by atoms with Crippen molar-refractivity contribution in [3.05, 3.63) is 27.2 Å².